The van der Waals surface area contributed by atoms with E-state index in [1.54, 1.807) is 12.1 Å². The fraction of sp³-hybridized carbons (Fsp3) is 0.560. The Bertz CT molecular complexity index is 954. The van der Waals surface area contributed by atoms with Crippen molar-refractivity contribution in [1.82, 2.24) is 16.0 Å². The molecule has 0 unspecified atom stereocenters. The minimum atomic E-state index is -1.58. The minimum absolute atomic E-state index is 0.0608. The normalized spacial score (nSPS) is 14.1. The molecule has 1 aromatic rings. The third kappa shape index (κ3) is 12.0. The number of unbranched alkanes of at least 4 members (excludes halogenated alkanes) is 1. The molecule has 1 rings (SSSR count). The first-order valence-electron chi connectivity index (χ1n) is 12.4. The number of carbonyl (C=O) groups is 5. The first-order valence-corrected chi connectivity index (χ1v) is 12.4. The molecular weight excluding hydrogens is 498 g/mol. The molecule has 1 aromatic carbocycles. The van der Waals surface area contributed by atoms with Gasteiger partial charge in [0, 0.05) is 0 Å². The maximum Gasteiger partial charge on any atom is 0.326 e. The highest BCUT2D eigenvalue weighted by atomic mass is 16.4. The molecule has 0 saturated carbocycles. The van der Waals surface area contributed by atoms with Gasteiger partial charge in [-0.15, -0.1) is 0 Å². The van der Waals surface area contributed by atoms with Crippen LogP contribution in [0.15, 0.2) is 24.3 Å². The van der Waals surface area contributed by atoms with E-state index in [-0.39, 0.29) is 30.9 Å². The standard InChI is InChI=1S/C25H39N5O8/c1-14(2)11-19(29-22(34)17(27)12-15-6-8-16(31)9-7-15)23(35)30-20(13-21(32)33)24(36)28-18(25(37)38)5-3-4-10-26/h6-9,14,17-20,31H,3-5,10-13,26-27H2,1-2H3,(H,28,36)(H,29,34)(H,30,35)(H,32,33)(H,37,38)/t17-,18-,19-,20-/m0/s1. The van der Waals surface area contributed by atoms with Crippen molar-refractivity contribution in [2.24, 2.45) is 17.4 Å². The van der Waals surface area contributed by atoms with Crippen LogP contribution in [0.3, 0.4) is 0 Å². The Hall–Kier alpha value is -3.71. The van der Waals surface area contributed by atoms with Gasteiger partial charge in [0.15, 0.2) is 0 Å². The van der Waals surface area contributed by atoms with Gasteiger partial charge in [-0.05, 0) is 62.3 Å². The topological polar surface area (TPSA) is 234 Å². The number of aromatic hydroxyl groups is 1. The van der Waals surface area contributed by atoms with Crippen LogP contribution in [-0.4, -0.2) is 75.7 Å². The molecule has 0 aliphatic carbocycles. The summed E-state index contributed by atoms with van der Waals surface area (Å²) in [5.41, 5.74) is 12.1. The lowest BCUT2D eigenvalue weighted by Gasteiger charge is -2.25. The number of aliphatic carboxylic acids is 2. The highest BCUT2D eigenvalue weighted by Gasteiger charge is 2.31. The zero-order chi connectivity index (χ0) is 28.8. The Labute approximate surface area is 221 Å². The summed E-state index contributed by atoms with van der Waals surface area (Å²) in [4.78, 5) is 61.5. The van der Waals surface area contributed by atoms with Gasteiger partial charge in [0.25, 0.3) is 0 Å². The fourth-order valence-electron chi connectivity index (χ4n) is 3.64. The highest BCUT2D eigenvalue weighted by molar-refractivity contribution is 5.95. The summed E-state index contributed by atoms with van der Waals surface area (Å²) < 4.78 is 0. The monoisotopic (exact) mass is 537 g/mol. The van der Waals surface area contributed by atoms with Gasteiger partial charge in [0.1, 0.15) is 23.9 Å². The lowest BCUT2D eigenvalue weighted by Crippen LogP contribution is -2.57. The van der Waals surface area contributed by atoms with Crippen molar-refractivity contribution < 1.29 is 39.3 Å². The lowest BCUT2D eigenvalue weighted by molar-refractivity contribution is -0.143. The summed E-state index contributed by atoms with van der Waals surface area (Å²) in [6.07, 6.45) is 0.554. The van der Waals surface area contributed by atoms with Crippen LogP contribution >= 0.6 is 0 Å². The van der Waals surface area contributed by atoms with Crippen LogP contribution in [-0.2, 0) is 30.4 Å². The van der Waals surface area contributed by atoms with E-state index >= 15 is 0 Å². The molecule has 212 valence electrons. The average molecular weight is 538 g/mol. The predicted molar refractivity (Wildman–Crippen MR) is 138 cm³/mol. The van der Waals surface area contributed by atoms with E-state index in [1.807, 2.05) is 13.8 Å². The van der Waals surface area contributed by atoms with Gasteiger partial charge in [-0.3, -0.25) is 19.2 Å². The van der Waals surface area contributed by atoms with E-state index in [4.69, 9.17) is 11.5 Å². The largest absolute Gasteiger partial charge is 0.508 e. The van der Waals surface area contributed by atoms with Crippen molar-refractivity contribution in [3.63, 3.8) is 0 Å². The van der Waals surface area contributed by atoms with Gasteiger partial charge in [-0.25, -0.2) is 4.79 Å². The third-order valence-electron chi connectivity index (χ3n) is 5.64. The first-order chi connectivity index (χ1) is 17.8. The number of phenolic OH excluding ortho intramolecular Hbond substituents is 1. The second-order valence-electron chi connectivity index (χ2n) is 9.51. The smallest absolute Gasteiger partial charge is 0.326 e. The third-order valence-corrected chi connectivity index (χ3v) is 5.64. The number of carbonyl (C=O) groups excluding carboxylic acids is 3. The summed E-state index contributed by atoms with van der Waals surface area (Å²) in [6, 6.07) is 1.11. The summed E-state index contributed by atoms with van der Waals surface area (Å²) in [5.74, 6) is -5.11. The quantitative estimate of drug-likeness (QED) is 0.118. The number of hydrogen-bond acceptors (Lipinski definition) is 8. The molecule has 0 heterocycles. The molecule has 10 N–H and O–H groups in total. The molecule has 0 bridgehead atoms. The van der Waals surface area contributed by atoms with Crippen LogP contribution in [0.2, 0.25) is 0 Å². The SMILES string of the molecule is CC(C)C[C@H](NC(=O)[C@@H](N)Cc1ccc(O)cc1)C(=O)N[C@@H](CC(=O)O)C(=O)N[C@@H](CCCCN)C(=O)O. The molecule has 4 atom stereocenters. The van der Waals surface area contributed by atoms with Crippen molar-refractivity contribution in [2.45, 2.75) is 76.5 Å². The Morgan fingerprint density at radius 2 is 1.39 bits per heavy atom. The molecule has 0 aromatic heterocycles. The number of amides is 3. The van der Waals surface area contributed by atoms with E-state index < -0.39 is 60.2 Å². The van der Waals surface area contributed by atoms with Crippen LogP contribution in [0.5, 0.6) is 5.75 Å². The van der Waals surface area contributed by atoms with Crippen molar-refractivity contribution >= 4 is 29.7 Å². The van der Waals surface area contributed by atoms with Crippen molar-refractivity contribution in [2.75, 3.05) is 6.54 Å². The number of carboxylic acids is 2. The maximum absolute atomic E-state index is 13.1. The first kappa shape index (κ1) is 32.3. The Kier molecular flexibility index (Phi) is 13.8. The van der Waals surface area contributed by atoms with Crippen LogP contribution in [0.4, 0.5) is 0 Å². The van der Waals surface area contributed by atoms with E-state index in [9.17, 15) is 39.3 Å². The summed E-state index contributed by atoms with van der Waals surface area (Å²) in [7, 11) is 0. The van der Waals surface area contributed by atoms with Crippen LogP contribution in [0.25, 0.3) is 0 Å². The zero-order valence-corrected chi connectivity index (χ0v) is 21.7. The second-order valence-corrected chi connectivity index (χ2v) is 9.51. The number of rotatable bonds is 17. The summed E-state index contributed by atoms with van der Waals surface area (Å²) >= 11 is 0. The fourth-order valence-corrected chi connectivity index (χ4v) is 3.64. The molecule has 0 fully saturated rings. The second kappa shape index (κ2) is 16.2. The summed E-state index contributed by atoms with van der Waals surface area (Å²) in [6.45, 7) is 3.96. The Morgan fingerprint density at radius 1 is 0.842 bits per heavy atom. The number of benzene rings is 1. The van der Waals surface area contributed by atoms with Crippen molar-refractivity contribution in [3.8, 4) is 5.75 Å². The van der Waals surface area contributed by atoms with E-state index in [0.29, 0.717) is 24.9 Å². The Balaban J connectivity index is 2.95. The Morgan fingerprint density at radius 3 is 1.92 bits per heavy atom. The number of nitrogens with one attached hydrogen (secondary N) is 3. The molecule has 13 nitrogen and oxygen atoms in total. The number of hydrogen-bond donors (Lipinski definition) is 8. The van der Waals surface area contributed by atoms with Crippen molar-refractivity contribution in [1.29, 1.82) is 0 Å². The van der Waals surface area contributed by atoms with Crippen LogP contribution < -0.4 is 27.4 Å². The van der Waals surface area contributed by atoms with Gasteiger partial charge in [-0.1, -0.05) is 26.0 Å². The summed E-state index contributed by atoms with van der Waals surface area (Å²) in [5, 5.41) is 35.2. The van der Waals surface area contributed by atoms with Gasteiger partial charge >= 0.3 is 11.9 Å². The van der Waals surface area contributed by atoms with Crippen LogP contribution in [0.1, 0.15) is 51.5 Å². The van der Waals surface area contributed by atoms with Gasteiger partial charge in [0.05, 0.1) is 12.5 Å². The average Bonchev–Trinajstić information content (AvgIpc) is 2.83. The number of phenols is 1. The molecule has 0 spiro atoms. The zero-order valence-electron chi connectivity index (χ0n) is 21.7. The minimum Gasteiger partial charge on any atom is -0.508 e. The van der Waals surface area contributed by atoms with Crippen LogP contribution in [0, 0.1) is 5.92 Å². The molecule has 0 radical (unpaired) electrons. The number of nitrogens with two attached hydrogens (primary N) is 2. The molecule has 38 heavy (non-hydrogen) atoms. The molecule has 0 saturated heterocycles. The van der Waals surface area contributed by atoms with Crippen molar-refractivity contribution in [3.05, 3.63) is 29.8 Å². The maximum atomic E-state index is 13.1. The lowest BCUT2D eigenvalue weighted by atomic mass is 10.0. The van der Waals surface area contributed by atoms with E-state index in [1.165, 1.54) is 12.1 Å². The molecule has 13 heteroatoms. The molecular formula is C25H39N5O8. The van der Waals surface area contributed by atoms with E-state index in [0.717, 1.165) is 0 Å². The van der Waals surface area contributed by atoms with Gasteiger partial charge in [-0.2, -0.15) is 0 Å². The molecule has 0 aliphatic rings. The van der Waals surface area contributed by atoms with Gasteiger partial charge in [0.2, 0.25) is 17.7 Å². The molecule has 0 aliphatic heterocycles. The van der Waals surface area contributed by atoms with Gasteiger partial charge < -0.3 is 42.7 Å². The predicted octanol–water partition coefficient (Wildman–Crippen LogP) is -0.549. The number of carboxylic acid groups (broad SMARTS) is 2. The highest BCUT2D eigenvalue weighted by Crippen LogP contribution is 2.12. The molecule has 3 amide bonds. The van der Waals surface area contributed by atoms with E-state index in [2.05, 4.69) is 16.0 Å².